The number of imidazole rings is 1. The average molecular weight is 591 g/mol. The van der Waals surface area contributed by atoms with Crippen LogP contribution in [-0.4, -0.2) is 55.1 Å². The first-order chi connectivity index (χ1) is 11.4. The molecule has 0 saturated carbocycles. The lowest BCUT2D eigenvalue weighted by atomic mass is 10.3. The quantitative estimate of drug-likeness (QED) is 0.345. The molecule has 0 aliphatic rings. The van der Waals surface area contributed by atoms with Crippen molar-refractivity contribution in [3.05, 3.63) is 17.9 Å². The van der Waals surface area contributed by atoms with Gasteiger partial charge in [-0.05, 0) is 104 Å². The highest BCUT2D eigenvalue weighted by Crippen LogP contribution is 2.43. The van der Waals surface area contributed by atoms with Crippen LogP contribution in [0.5, 0.6) is 0 Å². The summed E-state index contributed by atoms with van der Waals surface area (Å²) in [5, 5.41) is 0. The van der Waals surface area contributed by atoms with Crippen LogP contribution in [-0.2, 0) is 0 Å². The van der Waals surface area contributed by atoms with Crippen LogP contribution in [0.1, 0.15) is 12.8 Å². The van der Waals surface area contributed by atoms with Gasteiger partial charge in [-0.1, -0.05) is 0 Å². The van der Waals surface area contributed by atoms with Crippen LogP contribution in [0.3, 0.4) is 0 Å². The molecule has 1 aromatic carbocycles. The van der Waals surface area contributed by atoms with Gasteiger partial charge in [-0.25, -0.2) is 4.98 Å². The van der Waals surface area contributed by atoms with E-state index in [1.165, 1.54) is 0 Å². The molecule has 0 atom stereocenters. The number of H-pyrrole nitrogens is 1. The van der Waals surface area contributed by atoms with Crippen molar-refractivity contribution < 1.29 is 0 Å². The van der Waals surface area contributed by atoms with Crippen LogP contribution in [0, 0.1) is 0 Å². The molecule has 0 radical (unpaired) electrons. The lowest BCUT2D eigenvalue weighted by molar-refractivity contribution is 0.399. The van der Waals surface area contributed by atoms with Gasteiger partial charge in [0.2, 0.25) is 5.95 Å². The number of benzene rings is 1. The third-order valence-electron chi connectivity index (χ3n) is 3.66. The monoisotopic (exact) mass is 587 g/mol. The first-order valence-corrected chi connectivity index (χ1v) is 10.9. The molecule has 0 saturated heterocycles. The number of fused-ring (bicyclic) bond motifs is 1. The number of halogens is 4. The molecule has 0 bridgehead atoms. The Morgan fingerprint density at radius 3 is 2.17 bits per heavy atom. The molecular formula is C15H21Br4N5. The van der Waals surface area contributed by atoms with E-state index in [4.69, 9.17) is 10.7 Å². The summed E-state index contributed by atoms with van der Waals surface area (Å²) >= 11 is 14.4. The van der Waals surface area contributed by atoms with Gasteiger partial charge in [-0.2, -0.15) is 0 Å². The smallest absolute Gasteiger partial charge is 0.203 e. The number of aromatic nitrogens is 2. The molecule has 1 aromatic heterocycles. The van der Waals surface area contributed by atoms with E-state index in [0.29, 0.717) is 6.54 Å². The van der Waals surface area contributed by atoms with Crippen LogP contribution in [0.25, 0.3) is 11.0 Å². The number of nitrogens with two attached hydrogens (primary N) is 1. The number of hydrogen-bond donors (Lipinski definition) is 2. The van der Waals surface area contributed by atoms with E-state index in [0.717, 1.165) is 67.3 Å². The van der Waals surface area contributed by atoms with Crippen molar-refractivity contribution in [2.45, 2.75) is 12.8 Å². The van der Waals surface area contributed by atoms with Crippen molar-refractivity contribution >= 4 is 80.7 Å². The molecule has 2 aromatic rings. The zero-order valence-corrected chi connectivity index (χ0v) is 20.0. The van der Waals surface area contributed by atoms with Gasteiger partial charge in [-0.3, -0.25) is 0 Å². The topological polar surface area (TPSA) is 61.2 Å². The lowest BCUT2D eigenvalue weighted by Gasteiger charge is -2.22. The normalized spacial score (nSPS) is 11.7. The molecule has 0 aliphatic carbocycles. The number of rotatable bonds is 8. The number of nitrogens with one attached hydrogen (secondary N) is 1. The first-order valence-electron chi connectivity index (χ1n) is 7.68. The minimum absolute atomic E-state index is 0.675. The van der Waals surface area contributed by atoms with Crippen molar-refractivity contribution in [1.29, 1.82) is 0 Å². The Morgan fingerprint density at radius 2 is 1.54 bits per heavy atom. The third kappa shape index (κ3) is 4.73. The summed E-state index contributed by atoms with van der Waals surface area (Å²) < 4.78 is 3.79. The molecule has 9 heteroatoms. The zero-order chi connectivity index (χ0) is 17.9. The SMILES string of the molecule is CN(C)CCCN(CCCN)c1nc2c(Br)c(Br)c(Br)c(Br)c2[nH]1. The fourth-order valence-electron chi connectivity index (χ4n) is 2.42. The van der Waals surface area contributed by atoms with Crippen LogP contribution in [0.4, 0.5) is 5.95 Å². The van der Waals surface area contributed by atoms with E-state index < -0.39 is 0 Å². The second-order valence-electron chi connectivity index (χ2n) is 5.83. The minimum Gasteiger partial charge on any atom is -0.342 e. The van der Waals surface area contributed by atoms with Gasteiger partial charge in [0.05, 0.1) is 14.5 Å². The predicted molar refractivity (Wildman–Crippen MR) is 116 cm³/mol. The number of nitrogens with zero attached hydrogens (tertiary/aromatic N) is 3. The summed E-state index contributed by atoms with van der Waals surface area (Å²) in [6.07, 6.45) is 2.01. The first kappa shape index (κ1) is 20.6. The van der Waals surface area contributed by atoms with Gasteiger partial charge in [0.25, 0.3) is 0 Å². The Hall–Kier alpha value is 0.330. The molecule has 0 fully saturated rings. The molecule has 0 spiro atoms. The number of aromatic amines is 1. The lowest BCUT2D eigenvalue weighted by Crippen LogP contribution is -2.30. The summed E-state index contributed by atoms with van der Waals surface area (Å²) in [6.45, 7) is 3.55. The Kier molecular flexibility index (Phi) is 8.01. The van der Waals surface area contributed by atoms with E-state index >= 15 is 0 Å². The molecule has 0 unspecified atom stereocenters. The third-order valence-corrected chi connectivity index (χ3v) is 8.41. The highest BCUT2D eigenvalue weighted by molar-refractivity contribution is 9.15. The van der Waals surface area contributed by atoms with E-state index in [2.05, 4.69) is 92.6 Å². The molecule has 0 aliphatic heterocycles. The highest BCUT2D eigenvalue weighted by atomic mass is 79.9. The summed E-state index contributed by atoms with van der Waals surface area (Å²) in [4.78, 5) is 12.7. The minimum atomic E-state index is 0.675. The maximum Gasteiger partial charge on any atom is 0.203 e. The summed E-state index contributed by atoms with van der Waals surface area (Å²) in [7, 11) is 4.18. The summed E-state index contributed by atoms with van der Waals surface area (Å²) in [5.74, 6) is 0.878. The van der Waals surface area contributed by atoms with Crippen molar-refractivity contribution in [1.82, 2.24) is 14.9 Å². The van der Waals surface area contributed by atoms with E-state index in [9.17, 15) is 0 Å². The van der Waals surface area contributed by atoms with Crippen molar-refractivity contribution in [3.63, 3.8) is 0 Å². The summed E-state index contributed by atoms with van der Waals surface area (Å²) in [5.41, 5.74) is 7.57. The van der Waals surface area contributed by atoms with E-state index in [1.54, 1.807) is 0 Å². The Balaban J connectivity index is 2.35. The summed E-state index contributed by atoms with van der Waals surface area (Å²) in [6, 6.07) is 0. The average Bonchev–Trinajstić information content (AvgIpc) is 2.99. The largest absolute Gasteiger partial charge is 0.342 e. The van der Waals surface area contributed by atoms with Gasteiger partial charge in [-0.15, -0.1) is 0 Å². The maximum atomic E-state index is 5.70. The van der Waals surface area contributed by atoms with Crippen LogP contribution in [0.2, 0.25) is 0 Å². The van der Waals surface area contributed by atoms with Crippen molar-refractivity contribution in [2.24, 2.45) is 5.73 Å². The Labute approximate surface area is 176 Å². The molecule has 24 heavy (non-hydrogen) atoms. The second-order valence-corrected chi connectivity index (χ2v) is 9.00. The highest BCUT2D eigenvalue weighted by Gasteiger charge is 2.19. The van der Waals surface area contributed by atoms with E-state index in [1.807, 2.05) is 0 Å². The molecule has 5 nitrogen and oxygen atoms in total. The fraction of sp³-hybridized carbons (Fsp3) is 0.533. The molecule has 2 rings (SSSR count). The van der Waals surface area contributed by atoms with Gasteiger partial charge < -0.3 is 20.5 Å². The molecule has 0 amide bonds. The molecular weight excluding hydrogens is 570 g/mol. The zero-order valence-electron chi connectivity index (χ0n) is 13.7. The Bertz CT molecular complexity index is 656. The van der Waals surface area contributed by atoms with Crippen LogP contribution < -0.4 is 10.6 Å². The second kappa shape index (κ2) is 9.32. The predicted octanol–water partition coefficient (Wildman–Crippen LogP) is 4.72. The molecule has 134 valence electrons. The molecule has 3 N–H and O–H groups in total. The molecule has 1 heterocycles. The van der Waals surface area contributed by atoms with E-state index in [-0.39, 0.29) is 0 Å². The number of anilines is 1. The van der Waals surface area contributed by atoms with Crippen molar-refractivity contribution in [3.8, 4) is 0 Å². The van der Waals surface area contributed by atoms with Crippen LogP contribution in [0.15, 0.2) is 17.9 Å². The van der Waals surface area contributed by atoms with Crippen LogP contribution >= 0.6 is 63.7 Å². The van der Waals surface area contributed by atoms with Gasteiger partial charge in [0.15, 0.2) is 0 Å². The van der Waals surface area contributed by atoms with Gasteiger partial charge >= 0.3 is 0 Å². The standard InChI is InChI=1S/C15H21Br4N5/c1-23(2)6-4-8-24(7-3-5-20)15-21-13-11(18)9(16)10(17)12(19)14(13)22-15/h3-8,20H2,1-2H3,(H,21,22). The van der Waals surface area contributed by atoms with Gasteiger partial charge in [0, 0.05) is 22.0 Å². The van der Waals surface area contributed by atoms with Gasteiger partial charge in [0.1, 0.15) is 5.52 Å². The fourth-order valence-corrected chi connectivity index (χ4v) is 4.70. The number of hydrogen-bond acceptors (Lipinski definition) is 4. The maximum absolute atomic E-state index is 5.70. The Morgan fingerprint density at radius 1 is 0.917 bits per heavy atom. The van der Waals surface area contributed by atoms with Crippen molar-refractivity contribution in [2.75, 3.05) is 45.2 Å².